The summed E-state index contributed by atoms with van der Waals surface area (Å²) >= 11 is 0.734. The van der Waals surface area contributed by atoms with Crippen molar-refractivity contribution < 1.29 is 8.42 Å². The van der Waals surface area contributed by atoms with E-state index in [0.29, 0.717) is 37.7 Å². The Morgan fingerprint density at radius 2 is 1.72 bits per heavy atom. The second kappa shape index (κ2) is 8.08. The molecule has 0 atom stereocenters. The van der Waals surface area contributed by atoms with Gasteiger partial charge in [-0.2, -0.15) is 4.31 Å². The molecule has 4 aromatic rings. The number of aromatic amines is 1. The molecule has 0 radical (unpaired) electrons. The molecule has 32 heavy (non-hydrogen) atoms. The first-order valence-electron chi connectivity index (χ1n) is 10.1. The van der Waals surface area contributed by atoms with E-state index in [0.717, 1.165) is 33.6 Å². The van der Waals surface area contributed by atoms with Crippen molar-refractivity contribution in [3.05, 3.63) is 64.2 Å². The summed E-state index contributed by atoms with van der Waals surface area (Å²) in [5, 5.41) is 0.918. The number of hydrogen-bond acceptors (Lipinski definition) is 8. The maximum atomic E-state index is 13.0. The average Bonchev–Trinajstić information content (AvgIpc) is 3.17. The second-order valence-corrected chi connectivity index (χ2v) is 10.6. The van der Waals surface area contributed by atoms with Gasteiger partial charge >= 0.3 is 4.87 Å². The molecule has 1 saturated heterocycles. The van der Waals surface area contributed by atoms with Crippen molar-refractivity contribution >= 4 is 38.1 Å². The predicted molar refractivity (Wildman–Crippen MR) is 123 cm³/mol. The van der Waals surface area contributed by atoms with E-state index < -0.39 is 10.0 Å². The molecule has 0 spiro atoms. The van der Waals surface area contributed by atoms with Gasteiger partial charge in [0, 0.05) is 55.2 Å². The Morgan fingerprint density at radius 1 is 1.00 bits per heavy atom. The van der Waals surface area contributed by atoms with E-state index in [2.05, 4.69) is 14.9 Å². The van der Waals surface area contributed by atoms with Crippen LogP contribution >= 0.6 is 11.3 Å². The van der Waals surface area contributed by atoms with Crippen LogP contribution in [0.5, 0.6) is 0 Å². The molecule has 164 valence electrons. The van der Waals surface area contributed by atoms with Crippen LogP contribution in [0.3, 0.4) is 0 Å². The largest absolute Gasteiger partial charge is 0.353 e. The molecule has 1 fully saturated rings. The van der Waals surface area contributed by atoms with Crippen molar-refractivity contribution in [1.29, 1.82) is 0 Å². The molecule has 1 aromatic carbocycles. The number of piperazine rings is 1. The van der Waals surface area contributed by atoms with Gasteiger partial charge in [0.15, 0.2) is 10.0 Å². The van der Waals surface area contributed by atoms with Crippen LogP contribution in [-0.2, 0) is 10.0 Å². The third-order valence-corrected chi connectivity index (χ3v) is 8.90. The molecule has 0 aliphatic carbocycles. The van der Waals surface area contributed by atoms with Crippen molar-refractivity contribution in [2.24, 2.45) is 0 Å². The first kappa shape index (κ1) is 20.7. The number of pyridine rings is 1. The molecule has 0 unspecified atom stereocenters. The number of aromatic nitrogens is 4. The van der Waals surface area contributed by atoms with Crippen molar-refractivity contribution in [2.45, 2.75) is 11.1 Å². The van der Waals surface area contributed by atoms with Gasteiger partial charge in [0.05, 0.1) is 5.52 Å². The molecule has 11 heteroatoms. The number of H-pyrrole nitrogens is 1. The first-order chi connectivity index (χ1) is 15.4. The van der Waals surface area contributed by atoms with E-state index in [-0.39, 0.29) is 9.08 Å². The monoisotopic (exact) mass is 468 g/mol. The third kappa shape index (κ3) is 3.68. The highest BCUT2D eigenvalue weighted by Gasteiger charge is 2.32. The number of sulfonamides is 1. The number of anilines is 1. The Hall–Kier alpha value is -3.15. The van der Waals surface area contributed by atoms with E-state index >= 15 is 0 Å². The fourth-order valence-corrected chi connectivity index (χ4v) is 6.68. The lowest BCUT2D eigenvalue weighted by atomic mass is 10.2. The summed E-state index contributed by atoms with van der Waals surface area (Å²) in [5.41, 5.74) is 2.07. The smallest absolute Gasteiger partial charge is 0.305 e. The molecule has 5 rings (SSSR count). The number of para-hydroxylation sites is 1. The van der Waals surface area contributed by atoms with Gasteiger partial charge in [0.1, 0.15) is 5.82 Å². The van der Waals surface area contributed by atoms with Gasteiger partial charge in [-0.05, 0) is 31.2 Å². The van der Waals surface area contributed by atoms with Crippen molar-refractivity contribution in [2.75, 3.05) is 31.1 Å². The quantitative estimate of drug-likeness (QED) is 0.489. The zero-order valence-corrected chi connectivity index (χ0v) is 18.9. The minimum Gasteiger partial charge on any atom is -0.353 e. The fraction of sp³-hybridized carbons (Fsp3) is 0.238. The van der Waals surface area contributed by atoms with Gasteiger partial charge in [0.2, 0.25) is 0 Å². The lowest BCUT2D eigenvalue weighted by molar-refractivity contribution is 0.385. The Balaban J connectivity index is 1.46. The zero-order valence-electron chi connectivity index (χ0n) is 17.2. The number of hydrogen-bond donors (Lipinski definition) is 1. The van der Waals surface area contributed by atoms with Crippen LogP contribution in [0.2, 0.25) is 0 Å². The first-order valence-corrected chi connectivity index (χ1v) is 12.3. The molecule has 1 aliphatic heterocycles. The summed E-state index contributed by atoms with van der Waals surface area (Å²) < 4.78 is 27.6. The van der Waals surface area contributed by atoms with Crippen LogP contribution in [0.15, 0.2) is 57.8 Å². The number of nitrogens with zero attached hydrogens (tertiary/aromatic N) is 5. The molecular weight excluding hydrogens is 448 g/mol. The molecule has 0 saturated carbocycles. The Morgan fingerprint density at radius 3 is 2.41 bits per heavy atom. The van der Waals surface area contributed by atoms with Crippen LogP contribution in [-0.4, -0.2) is 58.8 Å². The summed E-state index contributed by atoms with van der Waals surface area (Å²) in [7, 11) is -3.72. The SMILES string of the molecule is Cc1[nH]c(=O)sc1S(=O)(=O)N1CCN(c2nc(-c3ccncc3)nc3ccccc23)CC1. The average molecular weight is 469 g/mol. The normalized spacial score (nSPS) is 15.3. The third-order valence-electron chi connectivity index (χ3n) is 5.42. The van der Waals surface area contributed by atoms with Crippen molar-refractivity contribution in [1.82, 2.24) is 24.2 Å². The van der Waals surface area contributed by atoms with E-state index in [9.17, 15) is 13.2 Å². The summed E-state index contributed by atoms with van der Waals surface area (Å²) in [4.78, 5) is 29.5. The summed E-state index contributed by atoms with van der Waals surface area (Å²) in [6.45, 7) is 3.17. The Labute approximate surface area is 188 Å². The van der Waals surface area contributed by atoms with Gasteiger partial charge < -0.3 is 9.88 Å². The second-order valence-electron chi connectivity index (χ2n) is 7.44. The van der Waals surface area contributed by atoms with Gasteiger partial charge in [0.25, 0.3) is 10.0 Å². The molecule has 4 heterocycles. The summed E-state index contributed by atoms with van der Waals surface area (Å²) in [6.07, 6.45) is 3.41. The van der Waals surface area contributed by atoms with Crippen LogP contribution < -0.4 is 9.77 Å². The van der Waals surface area contributed by atoms with Crippen LogP contribution in [0.4, 0.5) is 5.82 Å². The number of nitrogens with one attached hydrogen (secondary N) is 1. The van der Waals surface area contributed by atoms with E-state index in [1.807, 2.05) is 36.4 Å². The molecule has 1 N–H and O–H groups in total. The minimum atomic E-state index is -3.72. The molecule has 9 nitrogen and oxygen atoms in total. The number of thiazole rings is 1. The van der Waals surface area contributed by atoms with E-state index in [1.165, 1.54) is 4.31 Å². The molecular formula is C21H20N6O3S2. The molecule has 0 amide bonds. The van der Waals surface area contributed by atoms with Gasteiger partial charge in [-0.15, -0.1) is 0 Å². The summed E-state index contributed by atoms with van der Waals surface area (Å²) in [5.74, 6) is 1.38. The van der Waals surface area contributed by atoms with Crippen LogP contribution in [0, 0.1) is 6.92 Å². The number of rotatable bonds is 4. The number of benzene rings is 1. The Bertz CT molecular complexity index is 1440. The topological polar surface area (TPSA) is 112 Å². The van der Waals surface area contributed by atoms with Gasteiger partial charge in [-0.3, -0.25) is 9.78 Å². The van der Waals surface area contributed by atoms with Crippen molar-refractivity contribution in [3.8, 4) is 11.4 Å². The van der Waals surface area contributed by atoms with Gasteiger partial charge in [-0.1, -0.05) is 23.5 Å². The molecule has 0 bridgehead atoms. The molecule has 1 aliphatic rings. The van der Waals surface area contributed by atoms with E-state index in [4.69, 9.17) is 9.97 Å². The lowest BCUT2D eigenvalue weighted by Crippen LogP contribution is -2.49. The Kier molecular flexibility index (Phi) is 5.24. The minimum absolute atomic E-state index is 0.0865. The van der Waals surface area contributed by atoms with Crippen LogP contribution in [0.1, 0.15) is 5.69 Å². The maximum absolute atomic E-state index is 13.0. The highest BCUT2D eigenvalue weighted by molar-refractivity contribution is 7.91. The van der Waals surface area contributed by atoms with E-state index in [1.54, 1.807) is 19.3 Å². The highest BCUT2D eigenvalue weighted by Crippen LogP contribution is 2.29. The van der Waals surface area contributed by atoms with Crippen LogP contribution in [0.25, 0.3) is 22.3 Å². The molecule has 3 aromatic heterocycles. The summed E-state index contributed by atoms with van der Waals surface area (Å²) in [6, 6.07) is 11.5. The standard InChI is InChI=1S/C21H20N6O3S2/c1-14-20(31-21(28)23-14)32(29,30)27-12-10-26(11-13-27)19-16-4-2-3-5-17(16)24-18(25-19)15-6-8-22-9-7-15/h2-9H,10-13H2,1H3,(H,23,28). The van der Waals surface area contributed by atoms with Gasteiger partial charge in [-0.25, -0.2) is 18.4 Å². The fourth-order valence-electron chi connectivity index (χ4n) is 3.83. The number of fused-ring (bicyclic) bond motifs is 1. The lowest BCUT2D eigenvalue weighted by Gasteiger charge is -2.35. The van der Waals surface area contributed by atoms with Crippen molar-refractivity contribution in [3.63, 3.8) is 0 Å². The predicted octanol–water partition coefficient (Wildman–Crippen LogP) is 2.26. The highest BCUT2D eigenvalue weighted by atomic mass is 32.2. The maximum Gasteiger partial charge on any atom is 0.305 e. The zero-order chi connectivity index (χ0) is 22.3. The number of aryl methyl sites for hydroxylation is 1.